The summed E-state index contributed by atoms with van der Waals surface area (Å²) in [6.07, 6.45) is 1.36. The van der Waals surface area contributed by atoms with E-state index >= 15 is 0 Å². The number of carbonyl (C=O) groups is 1. The van der Waals surface area contributed by atoms with Crippen LogP contribution in [-0.4, -0.2) is 18.5 Å². The fourth-order valence-corrected chi connectivity index (χ4v) is 1.80. The number of carbonyl (C=O) groups excluding carboxylic acids is 1. The van der Waals surface area contributed by atoms with Crippen LogP contribution in [0.15, 0.2) is 12.1 Å². The first-order chi connectivity index (χ1) is 8.09. The molecule has 1 heterocycles. The van der Waals surface area contributed by atoms with Gasteiger partial charge in [0.1, 0.15) is 6.04 Å². The van der Waals surface area contributed by atoms with E-state index < -0.39 is 17.7 Å². The van der Waals surface area contributed by atoms with Crippen molar-refractivity contribution < 1.29 is 13.6 Å². The quantitative estimate of drug-likeness (QED) is 0.682. The van der Waals surface area contributed by atoms with Gasteiger partial charge in [-0.05, 0) is 25.0 Å². The van der Waals surface area contributed by atoms with Gasteiger partial charge in [0.25, 0.3) is 0 Å². The molecule has 1 aliphatic heterocycles. The molecule has 1 aromatic rings. The lowest BCUT2D eigenvalue weighted by molar-refractivity contribution is -0.123. The lowest BCUT2D eigenvalue weighted by Crippen LogP contribution is -2.44. The van der Waals surface area contributed by atoms with Gasteiger partial charge in [-0.3, -0.25) is 4.79 Å². The van der Waals surface area contributed by atoms with E-state index in [0.29, 0.717) is 13.0 Å². The molecule has 2 rings (SSSR count). The molecule has 0 aromatic heterocycles. The van der Waals surface area contributed by atoms with Gasteiger partial charge >= 0.3 is 0 Å². The Kier molecular flexibility index (Phi) is 3.12. The highest BCUT2D eigenvalue weighted by molar-refractivity contribution is 5.86. The molecular weight excluding hydrogens is 228 g/mol. The van der Waals surface area contributed by atoms with Crippen molar-refractivity contribution in [3.05, 3.63) is 23.8 Å². The SMILES string of the molecule is Nc1ccc(F)c(F)c1NC1CCCNC1=O. The molecule has 0 spiro atoms. The molecule has 4 N–H and O–H groups in total. The number of anilines is 2. The predicted octanol–water partition coefficient (Wildman–Crippen LogP) is 1.24. The van der Waals surface area contributed by atoms with Crippen LogP contribution in [0, 0.1) is 11.6 Å². The van der Waals surface area contributed by atoms with E-state index in [1.165, 1.54) is 6.07 Å². The standard InChI is InChI=1S/C11H13F2N3O/c12-6-3-4-7(14)10(9(6)13)16-8-2-1-5-15-11(8)17/h3-4,8,16H,1-2,5,14H2,(H,15,17). The number of nitrogen functional groups attached to an aromatic ring is 1. The number of piperidine rings is 1. The molecule has 17 heavy (non-hydrogen) atoms. The lowest BCUT2D eigenvalue weighted by Gasteiger charge is -2.24. The highest BCUT2D eigenvalue weighted by atomic mass is 19.2. The highest BCUT2D eigenvalue weighted by Gasteiger charge is 2.24. The molecular formula is C11H13F2N3O. The minimum absolute atomic E-state index is 0.0854. The average molecular weight is 241 g/mol. The van der Waals surface area contributed by atoms with Gasteiger partial charge < -0.3 is 16.4 Å². The first-order valence-corrected chi connectivity index (χ1v) is 5.37. The fraction of sp³-hybridized carbons (Fsp3) is 0.364. The van der Waals surface area contributed by atoms with Crippen molar-refractivity contribution in [3.8, 4) is 0 Å². The van der Waals surface area contributed by atoms with Gasteiger partial charge in [0.05, 0.1) is 11.4 Å². The Morgan fingerprint density at radius 2 is 2.18 bits per heavy atom. The van der Waals surface area contributed by atoms with E-state index in [2.05, 4.69) is 10.6 Å². The monoisotopic (exact) mass is 241 g/mol. The summed E-state index contributed by atoms with van der Waals surface area (Å²) >= 11 is 0. The van der Waals surface area contributed by atoms with Gasteiger partial charge in [0.2, 0.25) is 5.91 Å². The third kappa shape index (κ3) is 2.30. The van der Waals surface area contributed by atoms with Crippen molar-refractivity contribution in [2.75, 3.05) is 17.6 Å². The van der Waals surface area contributed by atoms with Crippen LogP contribution in [0.25, 0.3) is 0 Å². The van der Waals surface area contributed by atoms with Gasteiger partial charge in [-0.2, -0.15) is 0 Å². The van der Waals surface area contributed by atoms with Crippen molar-refractivity contribution >= 4 is 17.3 Å². The number of nitrogens with two attached hydrogens (primary N) is 1. The van der Waals surface area contributed by atoms with Gasteiger partial charge in [0, 0.05) is 6.54 Å². The van der Waals surface area contributed by atoms with Crippen LogP contribution in [0.2, 0.25) is 0 Å². The summed E-state index contributed by atoms with van der Waals surface area (Å²) < 4.78 is 26.5. The molecule has 1 amide bonds. The largest absolute Gasteiger partial charge is 0.397 e. The summed E-state index contributed by atoms with van der Waals surface area (Å²) in [4.78, 5) is 11.5. The molecule has 1 saturated heterocycles. The van der Waals surface area contributed by atoms with Crippen molar-refractivity contribution in [1.29, 1.82) is 0 Å². The van der Waals surface area contributed by atoms with Crippen LogP contribution < -0.4 is 16.4 Å². The summed E-state index contributed by atoms with van der Waals surface area (Å²) in [7, 11) is 0. The number of benzene rings is 1. The van der Waals surface area contributed by atoms with Crippen molar-refractivity contribution in [2.45, 2.75) is 18.9 Å². The molecule has 1 fully saturated rings. The molecule has 0 bridgehead atoms. The first kappa shape index (κ1) is 11.6. The van der Waals surface area contributed by atoms with Crippen LogP contribution >= 0.6 is 0 Å². The Morgan fingerprint density at radius 1 is 1.41 bits per heavy atom. The van der Waals surface area contributed by atoms with E-state index in [1.807, 2.05) is 0 Å². The molecule has 1 aliphatic rings. The maximum Gasteiger partial charge on any atom is 0.242 e. The van der Waals surface area contributed by atoms with E-state index in [4.69, 9.17) is 5.73 Å². The van der Waals surface area contributed by atoms with Crippen molar-refractivity contribution in [2.24, 2.45) is 0 Å². The molecule has 1 atom stereocenters. The van der Waals surface area contributed by atoms with Crippen LogP contribution in [-0.2, 0) is 4.79 Å². The second-order valence-corrected chi connectivity index (χ2v) is 3.96. The summed E-state index contributed by atoms with van der Waals surface area (Å²) in [5.41, 5.74) is 5.49. The average Bonchev–Trinajstić information content (AvgIpc) is 2.32. The molecule has 1 unspecified atom stereocenters. The zero-order chi connectivity index (χ0) is 12.4. The third-order valence-electron chi connectivity index (χ3n) is 2.73. The van der Waals surface area contributed by atoms with Crippen molar-refractivity contribution in [1.82, 2.24) is 5.32 Å². The summed E-state index contributed by atoms with van der Waals surface area (Å²) in [5, 5.41) is 5.30. The second-order valence-electron chi connectivity index (χ2n) is 3.96. The molecule has 0 aliphatic carbocycles. The van der Waals surface area contributed by atoms with Crippen LogP contribution in [0.5, 0.6) is 0 Å². The molecule has 1 aromatic carbocycles. The van der Waals surface area contributed by atoms with E-state index in [9.17, 15) is 13.6 Å². The normalized spacial score (nSPS) is 19.9. The highest BCUT2D eigenvalue weighted by Crippen LogP contribution is 2.26. The minimum atomic E-state index is -1.05. The summed E-state index contributed by atoms with van der Waals surface area (Å²) in [5.74, 6) is -2.26. The Hall–Kier alpha value is -1.85. The number of nitrogens with one attached hydrogen (secondary N) is 2. The van der Waals surface area contributed by atoms with Crippen LogP contribution in [0.1, 0.15) is 12.8 Å². The Labute approximate surface area is 97.2 Å². The Morgan fingerprint density at radius 3 is 2.88 bits per heavy atom. The summed E-state index contributed by atoms with van der Waals surface area (Å²) in [6, 6.07) is 1.65. The van der Waals surface area contributed by atoms with Crippen LogP contribution in [0.3, 0.4) is 0 Å². The van der Waals surface area contributed by atoms with Crippen molar-refractivity contribution in [3.63, 3.8) is 0 Å². The second kappa shape index (κ2) is 4.57. The Balaban J connectivity index is 2.23. The maximum absolute atomic E-state index is 13.5. The Bertz CT molecular complexity index is 451. The first-order valence-electron chi connectivity index (χ1n) is 5.37. The fourth-order valence-electron chi connectivity index (χ4n) is 1.80. The van der Waals surface area contributed by atoms with Gasteiger partial charge in [-0.25, -0.2) is 8.78 Å². The van der Waals surface area contributed by atoms with E-state index in [-0.39, 0.29) is 17.3 Å². The maximum atomic E-state index is 13.5. The third-order valence-corrected chi connectivity index (χ3v) is 2.73. The lowest BCUT2D eigenvalue weighted by atomic mass is 10.1. The zero-order valence-corrected chi connectivity index (χ0v) is 9.09. The molecule has 0 saturated carbocycles. The number of halogens is 2. The number of hydrogen-bond donors (Lipinski definition) is 3. The number of amides is 1. The van der Waals surface area contributed by atoms with Crippen LogP contribution in [0.4, 0.5) is 20.2 Å². The van der Waals surface area contributed by atoms with E-state index in [0.717, 1.165) is 12.5 Å². The topological polar surface area (TPSA) is 67.2 Å². The number of hydrogen-bond acceptors (Lipinski definition) is 3. The molecule has 92 valence electrons. The predicted molar refractivity (Wildman–Crippen MR) is 60.4 cm³/mol. The molecule has 6 heteroatoms. The smallest absolute Gasteiger partial charge is 0.242 e. The minimum Gasteiger partial charge on any atom is -0.397 e. The zero-order valence-electron chi connectivity index (χ0n) is 9.09. The van der Waals surface area contributed by atoms with E-state index in [1.54, 1.807) is 0 Å². The van der Waals surface area contributed by atoms with Gasteiger partial charge in [0.15, 0.2) is 11.6 Å². The van der Waals surface area contributed by atoms with Gasteiger partial charge in [-0.1, -0.05) is 0 Å². The number of rotatable bonds is 2. The molecule has 4 nitrogen and oxygen atoms in total. The molecule has 0 radical (unpaired) electrons. The summed E-state index contributed by atoms with van der Waals surface area (Å²) in [6.45, 7) is 0.609. The van der Waals surface area contributed by atoms with Gasteiger partial charge in [-0.15, -0.1) is 0 Å².